The summed E-state index contributed by atoms with van der Waals surface area (Å²) in [6.45, 7) is 10.3. The zero-order valence-electron chi connectivity index (χ0n) is 13.3. The standard InChI is InChI=1S/C17H17Br2N.CH3Br/c1-11(2)20(16-7-5-12(3)9-14(16)18)17-8-6-13(4)10-15(17)19;1-2/h5-10H,1H2,2-4H3;1H3. The van der Waals surface area contributed by atoms with Crippen molar-refractivity contribution in [3.8, 4) is 0 Å². The molecule has 0 bridgehead atoms. The van der Waals surface area contributed by atoms with Crippen LogP contribution in [-0.4, -0.2) is 5.83 Å². The van der Waals surface area contributed by atoms with E-state index in [9.17, 15) is 0 Å². The maximum absolute atomic E-state index is 4.12. The van der Waals surface area contributed by atoms with Crippen LogP contribution in [0, 0.1) is 13.8 Å². The SMILES string of the molecule is C=C(C)N(c1ccc(C)cc1Br)c1ccc(C)cc1Br.CBr. The highest BCUT2D eigenvalue weighted by Crippen LogP contribution is 2.39. The van der Waals surface area contributed by atoms with Gasteiger partial charge in [0.25, 0.3) is 0 Å². The van der Waals surface area contributed by atoms with E-state index < -0.39 is 0 Å². The minimum Gasteiger partial charge on any atom is -0.313 e. The van der Waals surface area contributed by atoms with E-state index in [1.54, 1.807) is 0 Å². The van der Waals surface area contributed by atoms with Crippen LogP contribution >= 0.6 is 47.8 Å². The molecule has 0 spiro atoms. The smallest absolute Gasteiger partial charge is 0.0600 e. The Hall–Kier alpha value is -0.580. The predicted molar refractivity (Wildman–Crippen MR) is 110 cm³/mol. The van der Waals surface area contributed by atoms with Crippen LogP contribution in [0.15, 0.2) is 57.6 Å². The molecule has 0 atom stereocenters. The Morgan fingerprint density at radius 3 is 1.50 bits per heavy atom. The zero-order valence-corrected chi connectivity index (χ0v) is 18.0. The summed E-state index contributed by atoms with van der Waals surface area (Å²) >= 11 is 10.2. The van der Waals surface area contributed by atoms with E-state index in [0.29, 0.717) is 0 Å². The largest absolute Gasteiger partial charge is 0.313 e. The first-order chi connectivity index (χ1) is 10.4. The lowest BCUT2D eigenvalue weighted by molar-refractivity contribution is 1.15. The van der Waals surface area contributed by atoms with Crippen LogP contribution in [0.3, 0.4) is 0 Å². The molecule has 22 heavy (non-hydrogen) atoms. The lowest BCUT2D eigenvalue weighted by Gasteiger charge is -2.27. The Balaban J connectivity index is 0.00000116. The average Bonchev–Trinajstić information content (AvgIpc) is 2.45. The van der Waals surface area contributed by atoms with Crippen LogP contribution in [-0.2, 0) is 0 Å². The molecule has 0 aliphatic rings. The van der Waals surface area contributed by atoms with Crippen LogP contribution in [0.4, 0.5) is 11.4 Å². The van der Waals surface area contributed by atoms with E-state index >= 15 is 0 Å². The zero-order chi connectivity index (χ0) is 16.9. The van der Waals surface area contributed by atoms with Crippen molar-refractivity contribution >= 4 is 59.2 Å². The third kappa shape index (κ3) is 4.71. The van der Waals surface area contributed by atoms with Crippen molar-refractivity contribution in [1.29, 1.82) is 0 Å². The third-order valence-corrected chi connectivity index (χ3v) is 4.34. The van der Waals surface area contributed by atoms with E-state index in [2.05, 4.69) is 110 Å². The third-order valence-electron chi connectivity index (χ3n) is 3.07. The van der Waals surface area contributed by atoms with Gasteiger partial charge in [0.2, 0.25) is 0 Å². The summed E-state index contributed by atoms with van der Waals surface area (Å²) in [6.07, 6.45) is 0. The molecule has 0 saturated heterocycles. The summed E-state index contributed by atoms with van der Waals surface area (Å²) in [5.41, 5.74) is 5.61. The molecule has 0 fully saturated rings. The second kappa shape index (κ2) is 8.90. The highest BCUT2D eigenvalue weighted by atomic mass is 79.9. The van der Waals surface area contributed by atoms with Crippen LogP contribution in [0.2, 0.25) is 0 Å². The van der Waals surface area contributed by atoms with Crippen LogP contribution in [0.1, 0.15) is 18.1 Å². The van der Waals surface area contributed by atoms with Gasteiger partial charge in [-0.15, -0.1) is 0 Å². The number of rotatable bonds is 3. The summed E-state index contributed by atoms with van der Waals surface area (Å²) in [4.78, 5) is 2.15. The van der Waals surface area contributed by atoms with Gasteiger partial charge in [-0.2, -0.15) is 0 Å². The van der Waals surface area contributed by atoms with Crippen molar-refractivity contribution < 1.29 is 0 Å². The first-order valence-electron chi connectivity index (χ1n) is 6.76. The Morgan fingerprint density at radius 1 is 0.864 bits per heavy atom. The molecule has 2 rings (SSSR count). The predicted octanol–water partition coefficient (Wildman–Crippen LogP) is 7.51. The van der Waals surface area contributed by atoms with Crippen LogP contribution in [0.25, 0.3) is 0 Å². The maximum Gasteiger partial charge on any atom is 0.0600 e. The number of alkyl halides is 1. The van der Waals surface area contributed by atoms with Gasteiger partial charge in [-0.05, 0) is 93.9 Å². The number of hydrogen-bond acceptors (Lipinski definition) is 1. The van der Waals surface area contributed by atoms with Gasteiger partial charge in [0.1, 0.15) is 0 Å². The average molecular weight is 490 g/mol. The summed E-state index contributed by atoms with van der Waals surface area (Å²) < 4.78 is 2.13. The fraction of sp³-hybridized carbons (Fsp3) is 0.222. The molecule has 0 saturated carbocycles. The molecule has 2 aromatic rings. The van der Waals surface area contributed by atoms with Gasteiger partial charge in [0.05, 0.1) is 11.4 Å². The molecular formula is C18H20Br3N. The van der Waals surface area contributed by atoms with Gasteiger partial charge >= 0.3 is 0 Å². The number of halogens is 3. The van der Waals surface area contributed by atoms with E-state index in [-0.39, 0.29) is 0 Å². The van der Waals surface area contributed by atoms with Crippen LogP contribution < -0.4 is 4.90 Å². The first kappa shape index (κ1) is 19.5. The Morgan fingerprint density at radius 2 is 1.23 bits per heavy atom. The number of allylic oxidation sites excluding steroid dienone is 1. The molecule has 0 amide bonds. The molecule has 0 aromatic heterocycles. The number of benzene rings is 2. The molecule has 4 heteroatoms. The second-order valence-corrected chi connectivity index (χ2v) is 6.69. The van der Waals surface area contributed by atoms with Crippen molar-refractivity contribution in [3.63, 3.8) is 0 Å². The maximum atomic E-state index is 4.12. The Kier molecular flexibility index (Phi) is 7.87. The summed E-state index contributed by atoms with van der Waals surface area (Å²) in [7, 11) is 0. The van der Waals surface area contributed by atoms with Crippen molar-refractivity contribution in [3.05, 3.63) is 68.7 Å². The summed E-state index contributed by atoms with van der Waals surface area (Å²) in [5, 5.41) is 0. The molecule has 0 aliphatic heterocycles. The normalized spacial score (nSPS) is 9.77. The molecule has 118 valence electrons. The molecule has 0 heterocycles. The molecule has 0 N–H and O–H groups in total. The minimum atomic E-state index is 0.971. The number of hydrogen-bond donors (Lipinski definition) is 0. The van der Waals surface area contributed by atoms with Gasteiger partial charge < -0.3 is 4.90 Å². The molecule has 0 radical (unpaired) electrons. The molecule has 2 aromatic carbocycles. The van der Waals surface area contributed by atoms with Crippen molar-refractivity contribution in [2.45, 2.75) is 20.8 Å². The Bertz CT molecular complexity index is 614. The van der Waals surface area contributed by atoms with Gasteiger partial charge in [0.15, 0.2) is 0 Å². The fourth-order valence-electron chi connectivity index (χ4n) is 2.13. The number of aryl methyl sites for hydroxylation is 2. The highest BCUT2D eigenvalue weighted by Gasteiger charge is 2.16. The second-order valence-electron chi connectivity index (χ2n) is 4.98. The van der Waals surface area contributed by atoms with Gasteiger partial charge in [-0.3, -0.25) is 0 Å². The van der Waals surface area contributed by atoms with Gasteiger partial charge in [-0.25, -0.2) is 0 Å². The topological polar surface area (TPSA) is 3.24 Å². The minimum absolute atomic E-state index is 0.971. The summed E-state index contributed by atoms with van der Waals surface area (Å²) in [6, 6.07) is 12.7. The molecular weight excluding hydrogens is 470 g/mol. The quantitative estimate of drug-likeness (QED) is 0.403. The molecule has 0 aliphatic carbocycles. The lowest BCUT2D eigenvalue weighted by atomic mass is 10.1. The van der Waals surface area contributed by atoms with Crippen molar-refractivity contribution in [2.75, 3.05) is 10.7 Å². The lowest BCUT2D eigenvalue weighted by Crippen LogP contribution is -2.14. The van der Waals surface area contributed by atoms with Crippen molar-refractivity contribution in [2.24, 2.45) is 0 Å². The number of nitrogens with zero attached hydrogens (tertiary/aromatic N) is 1. The highest BCUT2D eigenvalue weighted by molar-refractivity contribution is 9.11. The van der Waals surface area contributed by atoms with Gasteiger partial charge in [0, 0.05) is 14.6 Å². The monoisotopic (exact) mass is 487 g/mol. The van der Waals surface area contributed by atoms with Gasteiger partial charge in [-0.1, -0.05) is 34.6 Å². The molecule has 1 nitrogen and oxygen atoms in total. The van der Waals surface area contributed by atoms with E-state index in [1.807, 2.05) is 12.8 Å². The fourth-order valence-corrected chi connectivity index (χ4v) is 3.47. The van der Waals surface area contributed by atoms with E-state index in [1.165, 1.54) is 11.1 Å². The van der Waals surface area contributed by atoms with E-state index in [0.717, 1.165) is 26.0 Å². The van der Waals surface area contributed by atoms with Crippen molar-refractivity contribution in [1.82, 2.24) is 0 Å². The summed E-state index contributed by atoms with van der Waals surface area (Å²) in [5.74, 6) is 1.81. The Labute approximate surface area is 158 Å². The first-order valence-corrected chi connectivity index (χ1v) is 9.93. The van der Waals surface area contributed by atoms with E-state index in [4.69, 9.17) is 0 Å². The number of anilines is 2. The molecule has 0 unspecified atom stereocenters. The van der Waals surface area contributed by atoms with Crippen LogP contribution in [0.5, 0.6) is 0 Å².